The third-order valence-electron chi connectivity index (χ3n) is 9.20. The Balaban J connectivity index is 0.000000177. The Hall–Kier alpha value is -4.52. The molecule has 0 bridgehead atoms. The van der Waals surface area contributed by atoms with Gasteiger partial charge in [-0.15, -0.1) is 22.7 Å². The molecule has 2 aromatic heterocycles. The first-order chi connectivity index (χ1) is 27.6. The van der Waals surface area contributed by atoms with Gasteiger partial charge in [0.05, 0.1) is 43.2 Å². The summed E-state index contributed by atoms with van der Waals surface area (Å²) in [7, 11) is -8.00. The van der Waals surface area contributed by atoms with Gasteiger partial charge in [0.25, 0.3) is 0 Å². The van der Waals surface area contributed by atoms with E-state index in [1.54, 1.807) is 79.0 Å². The number of hydrogen-bond acceptors (Lipinski definition) is 10. The minimum Gasteiger partial charge on any atom is -0.326 e. The third kappa shape index (κ3) is 10.6. The average molecular weight is 896 g/mol. The molecule has 6 aromatic rings. The second-order valence-corrected chi connectivity index (χ2v) is 19.7. The first kappa shape index (κ1) is 41.6. The molecule has 2 amide bonds. The van der Waals surface area contributed by atoms with E-state index in [0.29, 0.717) is 61.2 Å². The van der Waals surface area contributed by atoms with E-state index in [1.807, 2.05) is 5.38 Å². The molecule has 2 aliphatic carbocycles. The number of primary sulfonamides is 2. The number of anilines is 2. The number of nitrogens with one attached hydrogen (secondary N) is 2. The molecular formula is C40H36Cl2N6O6S4. The Bertz CT molecular complexity index is 2560. The first-order valence-corrected chi connectivity index (χ1v) is 23.5. The number of hydrogen-bond donors (Lipinski definition) is 4. The quantitative estimate of drug-likeness (QED) is 0.0938. The molecule has 58 heavy (non-hydrogen) atoms. The molecular weight excluding hydrogens is 860 g/mol. The van der Waals surface area contributed by atoms with Gasteiger partial charge in [0.1, 0.15) is 0 Å². The molecule has 0 radical (unpaired) electrons. The molecule has 12 nitrogen and oxygen atoms in total. The molecule has 4 aromatic carbocycles. The number of carbonyl (C=O) groups excluding carboxylic acids is 2. The Morgan fingerprint density at radius 1 is 0.690 bits per heavy atom. The van der Waals surface area contributed by atoms with E-state index >= 15 is 0 Å². The number of amides is 2. The standard InChI is InChI=1S/2C20H18ClN3O3S2/c21-16-4-2-1-3-13(16)9-19(25)23-14-7-8-15(18(10-14)29(22,26)27)17-11-28-20(24-17)12-5-6-12;21-16-4-2-1-3-13(16)9-19(25)24-14-7-8-15(18(10-14)29(22,26)27)17-11-23-20(28-17)12-5-6-12/h1-4,7-8,10-12H,5-6,9H2,(H,23,25)(H2,22,26,27);1-4,7-8,10-12H,5-6,9H2,(H,24,25)(H2,22,26,27). The molecule has 0 aliphatic heterocycles. The van der Waals surface area contributed by atoms with Gasteiger partial charge >= 0.3 is 0 Å². The lowest BCUT2D eigenvalue weighted by molar-refractivity contribution is -0.116. The van der Waals surface area contributed by atoms with E-state index in [1.165, 1.54) is 34.8 Å². The van der Waals surface area contributed by atoms with Gasteiger partial charge in [-0.2, -0.15) is 0 Å². The number of nitrogens with two attached hydrogens (primary N) is 2. The van der Waals surface area contributed by atoms with Crippen LogP contribution in [-0.2, 0) is 42.5 Å². The van der Waals surface area contributed by atoms with E-state index in [-0.39, 0.29) is 34.4 Å². The summed E-state index contributed by atoms with van der Waals surface area (Å²) in [5, 5.41) is 21.2. The fraction of sp³-hybridized carbons (Fsp3) is 0.200. The van der Waals surface area contributed by atoms with Crippen LogP contribution in [0.15, 0.2) is 106 Å². The summed E-state index contributed by atoms with van der Waals surface area (Å²) in [6.45, 7) is 0. The minimum atomic E-state index is -4.01. The normalized spacial score (nSPS) is 14.0. The summed E-state index contributed by atoms with van der Waals surface area (Å²) in [6, 6.07) is 23.4. The number of nitrogens with zero attached hydrogens (tertiary/aromatic N) is 2. The molecule has 2 aliphatic rings. The maximum absolute atomic E-state index is 12.4. The van der Waals surface area contributed by atoms with Gasteiger partial charge in [0.2, 0.25) is 31.9 Å². The Labute approximate surface area is 353 Å². The summed E-state index contributed by atoms with van der Waals surface area (Å²) < 4.78 is 48.7. The monoisotopic (exact) mass is 894 g/mol. The molecule has 300 valence electrons. The van der Waals surface area contributed by atoms with Gasteiger partial charge in [-0.25, -0.2) is 37.1 Å². The SMILES string of the molecule is NS(=O)(=O)c1cc(NC(=O)Cc2ccccc2Cl)ccc1-c1cnc(C2CC2)s1.NS(=O)(=O)c1cc(NC(=O)Cc2ccccc2Cl)ccc1-c1csc(C2CC2)n1. The van der Waals surface area contributed by atoms with E-state index in [9.17, 15) is 26.4 Å². The lowest BCUT2D eigenvalue weighted by atomic mass is 10.1. The van der Waals surface area contributed by atoms with Gasteiger partial charge in [-0.3, -0.25) is 9.59 Å². The summed E-state index contributed by atoms with van der Waals surface area (Å²) in [6.07, 6.45) is 6.29. The van der Waals surface area contributed by atoms with Crippen LogP contribution >= 0.6 is 45.9 Å². The fourth-order valence-corrected chi connectivity index (χ4v) is 10.1. The van der Waals surface area contributed by atoms with E-state index in [0.717, 1.165) is 40.6 Å². The van der Waals surface area contributed by atoms with Crippen molar-refractivity contribution < 1.29 is 26.4 Å². The van der Waals surface area contributed by atoms with Crippen LogP contribution in [0.2, 0.25) is 10.0 Å². The molecule has 0 unspecified atom stereocenters. The highest BCUT2D eigenvalue weighted by Crippen LogP contribution is 2.45. The predicted octanol–water partition coefficient (Wildman–Crippen LogP) is 8.34. The third-order valence-corrected chi connectivity index (χ3v) is 14.0. The van der Waals surface area contributed by atoms with E-state index in [2.05, 4.69) is 20.6 Å². The van der Waals surface area contributed by atoms with Gasteiger partial charge in [-0.1, -0.05) is 65.7 Å². The van der Waals surface area contributed by atoms with Crippen molar-refractivity contribution in [3.05, 3.63) is 128 Å². The van der Waals surface area contributed by atoms with Crippen LogP contribution in [0.1, 0.15) is 58.7 Å². The summed E-state index contributed by atoms with van der Waals surface area (Å²) in [5.74, 6) is 0.348. The first-order valence-electron chi connectivity index (χ1n) is 17.9. The maximum atomic E-state index is 12.4. The van der Waals surface area contributed by atoms with Crippen LogP contribution in [-0.4, -0.2) is 38.6 Å². The van der Waals surface area contributed by atoms with Gasteiger partial charge < -0.3 is 10.6 Å². The van der Waals surface area contributed by atoms with Gasteiger partial charge in [0.15, 0.2) is 0 Å². The lowest BCUT2D eigenvalue weighted by Gasteiger charge is -2.11. The number of carbonyl (C=O) groups is 2. The molecule has 2 heterocycles. The van der Waals surface area contributed by atoms with E-state index in [4.69, 9.17) is 33.5 Å². The number of benzene rings is 4. The second-order valence-electron chi connectivity index (χ2n) is 13.8. The maximum Gasteiger partial charge on any atom is 0.238 e. The highest BCUT2D eigenvalue weighted by molar-refractivity contribution is 7.89. The van der Waals surface area contributed by atoms with Crippen LogP contribution < -0.4 is 20.9 Å². The highest BCUT2D eigenvalue weighted by Gasteiger charge is 2.29. The van der Waals surface area contributed by atoms with Crippen LogP contribution in [0, 0.1) is 0 Å². The van der Waals surface area contributed by atoms with E-state index < -0.39 is 20.0 Å². The van der Waals surface area contributed by atoms with Crippen molar-refractivity contribution in [2.45, 2.75) is 60.2 Å². The van der Waals surface area contributed by atoms with Crippen LogP contribution in [0.3, 0.4) is 0 Å². The minimum absolute atomic E-state index is 0.0426. The topological polar surface area (TPSA) is 204 Å². The zero-order valence-electron chi connectivity index (χ0n) is 30.5. The Morgan fingerprint density at radius 3 is 1.67 bits per heavy atom. The van der Waals surface area contributed by atoms with Crippen LogP contribution in [0.5, 0.6) is 0 Å². The number of halogens is 2. The van der Waals surface area contributed by atoms with Gasteiger partial charge in [0, 0.05) is 56.0 Å². The van der Waals surface area contributed by atoms with Crippen LogP contribution in [0.4, 0.5) is 11.4 Å². The molecule has 18 heteroatoms. The van der Waals surface area contributed by atoms with Gasteiger partial charge in [-0.05, 0) is 79.3 Å². The van der Waals surface area contributed by atoms with Crippen molar-refractivity contribution in [1.82, 2.24) is 9.97 Å². The Morgan fingerprint density at radius 2 is 1.17 bits per heavy atom. The number of sulfonamides is 2. The number of rotatable bonds is 12. The molecule has 0 saturated heterocycles. The van der Waals surface area contributed by atoms with Crippen LogP contribution in [0.25, 0.3) is 21.7 Å². The van der Waals surface area contributed by atoms with Crippen molar-refractivity contribution in [2.24, 2.45) is 10.3 Å². The van der Waals surface area contributed by atoms with Crippen molar-refractivity contribution >= 4 is 89.1 Å². The lowest BCUT2D eigenvalue weighted by Crippen LogP contribution is -2.17. The summed E-state index contributed by atoms with van der Waals surface area (Å²) in [4.78, 5) is 34.4. The molecule has 2 fully saturated rings. The highest BCUT2D eigenvalue weighted by atomic mass is 35.5. The largest absolute Gasteiger partial charge is 0.326 e. The molecule has 6 N–H and O–H groups in total. The molecule has 0 spiro atoms. The Kier molecular flexibility index (Phi) is 12.5. The molecule has 0 atom stereocenters. The average Bonchev–Trinajstić information content (AvgIpc) is 4.11. The zero-order chi connectivity index (χ0) is 41.2. The summed E-state index contributed by atoms with van der Waals surface area (Å²) >= 11 is 15.2. The predicted molar refractivity (Wildman–Crippen MR) is 229 cm³/mol. The number of aromatic nitrogens is 2. The number of thiazole rings is 2. The smallest absolute Gasteiger partial charge is 0.238 e. The molecule has 8 rings (SSSR count). The summed E-state index contributed by atoms with van der Waals surface area (Å²) in [5.41, 5.74) is 3.56. The van der Waals surface area contributed by atoms with Crippen molar-refractivity contribution in [3.8, 4) is 21.7 Å². The van der Waals surface area contributed by atoms with Crippen molar-refractivity contribution in [1.29, 1.82) is 0 Å². The molecule has 2 saturated carbocycles. The zero-order valence-corrected chi connectivity index (χ0v) is 35.3. The second kappa shape index (κ2) is 17.4. The van der Waals surface area contributed by atoms with Crippen molar-refractivity contribution in [3.63, 3.8) is 0 Å². The van der Waals surface area contributed by atoms with Crippen molar-refractivity contribution in [2.75, 3.05) is 10.6 Å². The fourth-order valence-electron chi connectivity index (χ4n) is 5.99.